The molecule has 3 nitrogen and oxygen atoms in total. The van der Waals surface area contributed by atoms with Gasteiger partial charge in [0, 0.05) is 38.1 Å². The van der Waals surface area contributed by atoms with Crippen LogP contribution in [0.3, 0.4) is 0 Å². The molecule has 0 spiro atoms. The molecule has 1 aromatic carbocycles. The van der Waals surface area contributed by atoms with Crippen LogP contribution in [0.2, 0.25) is 0 Å². The van der Waals surface area contributed by atoms with E-state index in [4.69, 9.17) is 0 Å². The van der Waals surface area contributed by atoms with Crippen molar-refractivity contribution in [1.82, 2.24) is 15.5 Å². The van der Waals surface area contributed by atoms with Gasteiger partial charge in [-0.1, -0.05) is 30.3 Å². The summed E-state index contributed by atoms with van der Waals surface area (Å²) in [6, 6.07) is 11.8. The molecule has 2 N–H and O–H groups in total. The van der Waals surface area contributed by atoms with E-state index in [1.165, 1.54) is 64.1 Å². The standard InChI is InChI=1S/C20H29N3/c1-2-4-15(5-3-1)18-8-19(18)22-13-20(6-7-20)14-23-11-16-9-21-10-17(16)12-23/h1-5,16-19,21-22H,6-14H2/t16?,17?,18-,19+/m1/s1. The number of nitrogens with one attached hydrogen (secondary N) is 2. The number of benzene rings is 1. The number of nitrogens with zero attached hydrogens (tertiary/aromatic N) is 1. The second-order valence-electron chi connectivity index (χ2n) is 8.61. The molecule has 0 amide bonds. The van der Waals surface area contributed by atoms with Gasteiger partial charge in [-0.2, -0.15) is 0 Å². The Morgan fingerprint density at radius 2 is 1.83 bits per heavy atom. The highest BCUT2D eigenvalue weighted by Crippen LogP contribution is 2.48. The van der Waals surface area contributed by atoms with Gasteiger partial charge in [0.1, 0.15) is 0 Å². The molecule has 0 radical (unpaired) electrons. The average molecular weight is 311 g/mol. The fourth-order valence-corrected chi connectivity index (χ4v) is 4.96. The van der Waals surface area contributed by atoms with Gasteiger partial charge in [0.05, 0.1) is 0 Å². The minimum absolute atomic E-state index is 0.607. The van der Waals surface area contributed by atoms with E-state index in [2.05, 4.69) is 45.9 Å². The molecule has 0 aromatic heterocycles. The minimum atomic E-state index is 0.607. The van der Waals surface area contributed by atoms with Crippen molar-refractivity contribution in [1.29, 1.82) is 0 Å². The van der Waals surface area contributed by atoms with Crippen molar-refractivity contribution in [3.8, 4) is 0 Å². The van der Waals surface area contributed by atoms with Crippen molar-refractivity contribution in [3.05, 3.63) is 35.9 Å². The topological polar surface area (TPSA) is 27.3 Å². The van der Waals surface area contributed by atoms with Crippen LogP contribution in [0, 0.1) is 17.3 Å². The zero-order valence-electron chi connectivity index (χ0n) is 14.0. The van der Waals surface area contributed by atoms with Gasteiger partial charge in [-0.15, -0.1) is 0 Å². The number of hydrogen-bond acceptors (Lipinski definition) is 3. The van der Waals surface area contributed by atoms with E-state index < -0.39 is 0 Å². The van der Waals surface area contributed by atoms with Gasteiger partial charge < -0.3 is 15.5 Å². The zero-order chi connectivity index (χ0) is 15.3. The normalized spacial score (nSPS) is 37.7. The quantitative estimate of drug-likeness (QED) is 0.842. The molecule has 1 aromatic rings. The van der Waals surface area contributed by atoms with Crippen LogP contribution in [0.15, 0.2) is 30.3 Å². The summed E-state index contributed by atoms with van der Waals surface area (Å²) in [5.74, 6) is 2.64. The number of fused-ring (bicyclic) bond motifs is 1. The largest absolute Gasteiger partial charge is 0.316 e. The summed E-state index contributed by atoms with van der Waals surface area (Å²) in [6.45, 7) is 7.78. The fourth-order valence-electron chi connectivity index (χ4n) is 4.96. The molecular weight excluding hydrogens is 282 g/mol. The summed E-state index contributed by atoms with van der Waals surface area (Å²) < 4.78 is 0. The van der Waals surface area contributed by atoms with Crippen molar-refractivity contribution in [2.24, 2.45) is 17.3 Å². The van der Waals surface area contributed by atoms with Gasteiger partial charge in [-0.05, 0) is 55.2 Å². The molecule has 23 heavy (non-hydrogen) atoms. The van der Waals surface area contributed by atoms with Crippen LogP contribution in [0.4, 0.5) is 0 Å². The zero-order valence-corrected chi connectivity index (χ0v) is 14.0. The molecule has 0 bridgehead atoms. The van der Waals surface area contributed by atoms with E-state index in [0.717, 1.165) is 23.8 Å². The van der Waals surface area contributed by atoms with Crippen molar-refractivity contribution < 1.29 is 0 Å². The lowest BCUT2D eigenvalue weighted by Gasteiger charge is -2.24. The van der Waals surface area contributed by atoms with Crippen LogP contribution in [0.25, 0.3) is 0 Å². The Morgan fingerprint density at radius 1 is 1.09 bits per heavy atom. The second-order valence-corrected chi connectivity index (χ2v) is 8.61. The van der Waals surface area contributed by atoms with Gasteiger partial charge in [0.25, 0.3) is 0 Å². The predicted molar refractivity (Wildman–Crippen MR) is 93.5 cm³/mol. The molecule has 124 valence electrons. The smallest absolute Gasteiger partial charge is 0.0143 e. The van der Waals surface area contributed by atoms with Gasteiger partial charge in [0.15, 0.2) is 0 Å². The SMILES string of the molecule is c1ccc([C@H]2C[C@@H]2NCC2(CN3CC4CNCC4C3)CC2)cc1. The van der Waals surface area contributed by atoms with E-state index in [1.807, 2.05) is 0 Å². The van der Waals surface area contributed by atoms with Crippen LogP contribution in [-0.4, -0.2) is 50.2 Å². The molecule has 2 unspecified atom stereocenters. The molecule has 3 heteroatoms. The summed E-state index contributed by atoms with van der Waals surface area (Å²) in [5, 5.41) is 7.45. The van der Waals surface area contributed by atoms with Crippen LogP contribution >= 0.6 is 0 Å². The molecular formula is C20H29N3. The molecule has 2 aliphatic carbocycles. The Labute approximate surface area is 139 Å². The second kappa shape index (κ2) is 5.58. The molecule has 2 saturated heterocycles. The highest BCUT2D eigenvalue weighted by Gasteiger charge is 2.48. The first kappa shape index (κ1) is 14.4. The molecule has 2 aliphatic heterocycles. The average Bonchev–Trinajstić information content (AvgIpc) is 3.42. The predicted octanol–water partition coefficient (Wildman–Crippen LogP) is 2.06. The molecule has 4 atom stereocenters. The van der Waals surface area contributed by atoms with E-state index in [-0.39, 0.29) is 0 Å². The van der Waals surface area contributed by atoms with E-state index in [0.29, 0.717) is 5.41 Å². The first-order valence-electron chi connectivity index (χ1n) is 9.53. The van der Waals surface area contributed by atoms with Crippen LogP contribution in [0.5, 0.6) is 0 Å². The van der Waals surface area contributed by atoms with Gasteiger partial charge in [-0.3, -0.25) is 0 Å². The first-order chi connectivity index (χ1) is 11.3. The van der Waals surface area contributed by atoms with Crippen molar-refractivity contribution in [3.63, 3.8) is 0 Å². The highest BCUT2D eigenvalue weighted by atomic mass is 15.2. The van der Waals surface area contributed by atoms with E-state index >= 15 is 0 Å². The van der Waals surface area contributed by atoms with Gasteiger partial charge in [-0.25, -0.2) is 0 Å². The molecule has 4 fully saturated rings. The lowest BCUT2D eigenvalue weighted by Crippen LogP contribution is -2.37. The highest BCUT2D eigenvalue weighted by molar-refractivity contribution is 5.27. The third kappa shape index (κ3) is 2.95. The molecule has 2 heterocycles. The first-order valence-corrected chi connectivity index (χ1v) is 9.53. The summed E-state index contributed by atoms with van der Waals surface area (Å²) in [6.07, 6.45) is 4.21. The summed E-state index contributed by atoms with van der Waals surface area (Å²) in [4.78, 5) is 2.77. The molecule has 4 aliphatic rings. The Kier molecular flexibility index (Phi) is 3.50. The third-order valence-electron chi connectivity index (χ3n) is 6.74. The van der Waals surface area contributed by atoms with Gasteiger partial charge >= 0.3 is 0 Å². The van der Waals surface area contributed by atoms with Crippen molar-refractivity contribution in [2.45, 2.75) is 31.2 Å². The number of likely N-dealkylation sites (tertiary alicyclic amines) is 1. The Balaban J connectivity index is 1.11. The van der Waals surface area contributed by atoms with E-state index in [9.17, 15) is 0 Å². The molecule has 5 rings (SSSR count). The summed E-state index contributed by atoms with van der Waals surface area (Å²) >= 11 is 0. The molecule has 2 saturated carbocycles. The summed E-state index contributed by atoms with van der Waals surface area (Å²) in [7, 11) is 0. The lowest BCUT2D eigenvalue weighted by atomic mass is 10.0. The van der Waals surface area contributed by atoms with Crippen LogP contribution < -0.4 is 10.6 Å². The van der Waals surface area contributed by atoms with Crippen LogP contribution in [-0.2, 0) is 0 Å². The van der Waals surface area contributed by atoms with Crippen LogP contribution in [0.1, 0.15) is 30.7 Å². The Hall–Kier alpha value is -0.900. The van der Waals surface area contributed by atoms with E-state index in [1.54, 1.807) is 0 Å². The number of rotatable bonds is 6. The fraction of sp³-hybridized carbons (Fsp3) is 0.700. The minimum Gasteiger partial charge on any atom is -0.316 e. The Bertz CT molecular complexity index is 541. The van der Waals surface area contributed by atoms with Crippen molar-refractivity contribution in [2.75, 3.05) is 39.3 Å². The van der Waals surface area contributed by atoms with Gasteiger partial charge in [0.2, 0.25) is 0 Å². The Morgan fingerprint density at radius 3 is 2.52 bits per heavy atom. The maximum atomic E-state index is 3.89. The maximum absolute atomic E-state index is 3.89. The number of hydrogen-bond donors (Lipinski definition) is 2. The lowest BCUT2D eigenvalue weighted by molar-refractivity contribution is 0.242. The third-order valence-corrected chi connectivity index (χ3v) is 6.74. The maximum Gasteiger partial charge on any atom is 0.0143 e. The monoisotopic (exact) mass is 311 g/mol. The summed E-state index contributed by atoms with van der Waals surface area (Å²) in [5.41, 5.74) is 2.13. The van der Waals surface area contributed by atoms with Crippen molar-refractivity contribution >= 4 is 0 Å².